The Morgan fingerprint density at radius 1 is 1.22 bits per heavy atom. The first-order valence-electron chi connectivity index (χ1n) is 4.67. The molecule has 0 aromatic heterocycles. The number of rotatable bonds is 5. The lowest BCUT2D eigenvalue weighted by Gasteiger charge is -2.07. The van der Waals surface area contributed by atoms with Gasteiger partial charge in [0.25, 0.3) is 0 Å². The van der Waals surface area contributed by atoms with Crippen LogP contribution in [0, 0.1) is 0 Å². The Kier molecular flexibility index (Phi) is 4.72. The Balaban J connectivity index is 2.84. The quantitative estimate of drug-likeness (QED) is 0.616. The Hall–Kier alpha value is -0.680. The van der Waals surface area contributed by atoms with Crippen molar-refractivity contribution in [2.75, 3.05) is 18.0 Å². The highest BCUT2D eigenvalue weighted by atomic mass is 79.9. The molecule has 0 aliphatic heterocycles. The van der Waals surface area contributed by atoms with Crippen molar-refractivity contribution in [2.45, 2.75) is 4.90 Å². The molecule has 1 rings (SSSR count). The van der Waals surface area contributed by atoms with Crippen LogP contribution in [0.1, 0.15) is 0 Å². The molecule has 0 heterocycles. The summed E-state index contributed by atoms with van der Waals surface area (Å²) in [5.41, 5.74) is 5.83. The fourth-order valence-corrected chi connectivity index (χ4v) is 2.92. The van der Waals surface area contributed by atoms with Crippen molar-refractivity contribution in [2.24, 2.45) is 5.14 Å². The molecule has 0 unspecified atom stereocenters. The van der Waals surface area contributed by atoms with E-state index >= 15 is 0 Å². The molecule has 0 atom stereocenters. The number of anilines is 1. The predicted molar refractivity (Wildman–Crippen MR) is 71.7 cm³/mol. The van der Waals surface area contributed by atoms with Crippen LogP contribution in [0.25, 0.3) is 0 Å². The van der Waals surface area contributed by atoms with Gasteiger partial charge in [0, 0.05) is 16.7 Å². The summed E-state index contributed by atoms with van der Waals surface area (Å²) in [5, 5.41) is 4.76. The van der Waals surface area contributed by atoms with Gasteiger partial charge in [-0.25, -0.2) is 26.7 Å². The van der Waals surface area contributed by atoms with Gasteiger partial charge in [-0.3, -0.25) is 0 Å². The second-order valence-electron chi connectivity index (χ2n) is 3.45. The third-order valence-electron chi connectivity index (χ3n) is 1.96. The molecule has 102 valence electrons. The van der Waals surface area contributed by atoms with Gasteiger partial charge in [0.05, 0.1) is 10.6 Å². The number of hydrogen-bond donors (Lipinski definition) is 3. The van der Waals surface area contributed by atoms with Crippen molar-refractivity contribution in [3.63, 3.8) is 0 Å². The smallest absolute Gasteiger partial charge is 0.240 e. The molecular weight excluding hydrogens is 346 g/mol. The van der Waals surface area contributed by atoms with E-state index in [2.05, 4.69) is 20.7 Å². The number of nitrogens with two attached hydrogens (primary N) is 2. The molecule has 1 aromatic rings. The Labute approximate surface area is 114 Å². The van der Waals surface area contributed by atoms with Gasteiger partial charge in [0.15, 0.2) is 0 Å². The molecule has 0 amide bonds. The predicted octanol–water partition coefficient (Wildman–Crippen LogP) is -0.402. The second kappa shape index (κ2) is 5.53. The molecule has 18 heavy (non-hydrogen) atoms. The molecule has 0 fully saturated rings. The van der Waals surface area contributed by atoms with Crippen molar-refractivity contribution in [1.29, 1.82) is 0 Å². The molecule has 0 aliphatic carbocycles. The summed E-state index contributed by atoms with van der Waals surface area (Å²) in [6.07, 6.45) is 0. The van der Waals surface area contributed by atoms with Crippen molar-refractivity contribution >= 4 is 41.7 Å². The van der Waals surface area contributed by atoms with Gasteiger partial charge in [-0.2, -0.15) is 0 Å². The minimum Gasteiger partial charge on any atom is -0.398 e. The molecule has 10 heteroatoms. The first-order valence-corrected chi connectivity index (χ1v) is 8.66. The van der Waals surface area contributed by atoms with Crippen molar-refractivity contribution in [3.05, 3.63) is 22.7 Å². The number of sulfonamides is 2. The van der Waals surface area contributed by atoms with Gasteiger partial charge in [-0.1, -0.05) is 0 Å². The summed E-state index contributed by atoms with van der Waals surface area (Å²) in [6, 6.07) is 4.10. The molecule has 0 spiro atoms. The lowest BCUT2D eigenvalue weighted by Crippen LogP contribution is -2.31. The Bertz CT molecular complexity index is 642. The summed E-state index contributed by atoms with van der Waals surface area (Å²) in [6.45, 7) is -0.295. The summed E-state index contributed by atoms with van der Waals surface area (Å²) >= 11 is 3.14. The van der Waals surface area contributed by atoms with Crippen molar-refractivity contribution < 1.29 is 16.8 Å². The van der Waals surface area contributed by atoms with E-state index in [4.69, 9.17) is 10.9 Å². The van der Waals surface area contributed by atoms with Gasteiger partial charge in [0.1, 0.15) is 0 Å². The fraction of sp³-hybridized carbons (Fsp3) is 0.250. The Morgan fingerprint density at radius 3 is 2.33 bits per heavy atom. The van der Waals surface area contributed by atoms with E-state index in [1.165, 1.54) is 18.2 Å². The maximum atomic E-state index is 11.8. The van der Waals surface area contributed by atoms with E-state index in [0.29, 0.717) is 4.47 Å². The largest absolute Gasteiger partial charge is 0.398 e. The molecule has 0 saturated carbocycles. The second-order valence-corrected chi connectivity index (χ2v) is 7.80. The fourth-order valence-electron chi connectivity index (χ4n) is 1.09. The minimum absolute atomic E-state index is 0.0439. The van der Waals surface area contributed by atoms with Gasteiger partial charge >= 0.3 is 0 Å². The van der Waals surface area contributed by atoms with Gasteiger partial charge in [0.2, 0.25) is 20.0 Å². The molecule has 0 radical (unpaired) electrons. The number of nitrogens with one attached hydrogen (secondary N) is 1. The normalized spacial score (nSPS) is 12.6. The first-order chi connectivity index (χ1) is 8.12. The molecule has 7 nitrogen and oxygen atoms in total. The van der Waals surface area contributed by atoms with Gasteiger partial charge in [-0.15, -0.1) is 0 Å². The molecule has 5 N–H and O–H groups in total. The maximum Gasteiger partial charge on any atom is 0.240 e. The van der Waals surface area contributed by atoms with E-state index in [9.17, 15) is 16.8 Å². The lowest BCUT2D eigenvalue weighted by atomic mass is 10.3. The molecule has 0 bridgehead atoms. The number of halogens is 1. The third kappa shape index (κ3) is 4.53. The van der Waals surface area contributed by atoms with Crippen LogP contribution in [0.5, 0.6) is 0 Å². The number of hydrogen-bond acceptors (Lipinski definition) is 5. The van der Waals surface area contributed by atoms with E-state index in [0.717, 1.165) is 0 Å². The number of primary sulfonamides is 1. The standard InChI is InChI=1S/C8H12BrN3O4S2/c9-7-2-1-6(5-8(7)10)18(15,16)12-3-4-17(11,13)14/h1-2,5,12H,3-4,10H2,(H2,11,13,14). The zero-order chi connectivity index (χ0) is 14.0. The van der Waals surface area contributed by atoms with Gasteiger partial charge < -0.3 is 5.73 Å². The zero-order valence-corrected chi connectivity index (χ0v) is 12.3. The van der Waals surface area contributed by atoms with E-state index in [-0.39, 0.29) is 17.1 Å². The van der Waals surface area contributed by atoms with Crippen LogP contribution in [0.15, 0.2) is 27.6 Å². The molecule has 1 aromatic carbocycles. The van der Waals surface area contributed by atoms with Crippen molar-refractivity contribution in [3.8, 4) is 0 Å². The van der Waals surface area contributed by atoms with Crippen LogP contribution < -0.4 is 15.6 Å². The molecular formula is C8H12BrN3O4S2. The SMILES string of the molecule is Nc1cc(S(=O)(=O)NCCS(N)(=O)=O)ccc1Br. The number of nitrogen functional groups attached to an aromatic ring is 1. The summed E-state index contributed by atoms with van der Waals surface area (Å²) in [7, 11) is -7.50. The average molecular weight is 358 g/mol. The summed E-state index contributed by atoms with van der Waals surface area (Å²) in [5.74, 6) is -0.474. The van der Waals surface area contributed by atoms with E-state index in [1.54, 1.807) is 0 Å². The maximum absolute atomic E-state index is 11.8. The topological polar surface area (TPSA) is 132 Å². The highest BCUT2D eigenvalue weighted by molar-refractivity contribution is 9.10. The van der Waals surface area contributed by atoms with Crippen LogP contribution in [-0.4, -0.2) is 29.1 Å². The minimum atomic E-state index is -3.79. The van der Waals surface area contributed by atoms with Crippen molar-refractivity contribution in [1.82, 2.24) is 4.72 Å². The van der Waals surface area contributed by atoms with Crippen LogP contribution in [0.2, 0.25) is 0 Å². The zero-order valence-electron chi connectivity index (χ0n) is 9.13. The van der Waals surface area contributed by atoms with E-state index in [1.807, 2.05) is 0 Å². The van der Waals surface area contributed by atoms with Crippen LogP contribution >= 0.6 is 15.9 Å². The highest BCUT2D eigenvalue weighted by Crippen LogP contribution is 2.22. The highest BCUT2D eigenvalue weighted by Gasteiger charge is 2.15. The first kappa shape index (κ1) is 15.4. The summed E-state index contributed by atoms with van der Waals surface area (Å²) in [4.78, 5) is -0.0439. The summed E-state index contributed by atoms with van der Waals surface area (Å²) < 4.78 is 47.6. The monoisotopic (exact) mass is 357 g/mol. The van der Waals surface area contributed by atoms with Crippen LogP contribution in [-0.2, 0) is 20.0 Å². The average Bonchev–Trinajstić information content (AvgIpc) is 2.19. The Morgan fingerprint density at radius 2 is 1.83 bits per heavy atom. The third-order valence-corrected chi connectivity index (χ3v) is 4.91. The van der Waals surface area contributed by atoms with Crippen LogP contribution in [0.4, 0.5) is 5.69 Å². The number of benzene rings is 1. The van der Waals surface area contributed by atoms with Crippen LogP contribution in [0.3, 0.4) is 0 Å². The molecule has 0 saturated heterocycles. The lowest BCUT2D eigenvalue weighted by molar-refractivity contribution is 0.581. The van der Waals surface area contributed by atoms with Gasteiger partial charge in [-0.05, 0) is 34.1 Å². The molecule has 0 aliphatic rings. The van der Waals surface area contributed by atoms with E-state index < -0.39 is 25.8 Å².